The fourth-order valence-electron chi connectivity index (χ4n) is 4.15. The quantitative estimate of drug-likeness (QED) is 0.685. The summed E-state index contributed by atoms with van der Waals surface area (Å²) in [5, 5.41) is 0. The molecular weight excluding hydrogens is 334 g/mol. The molecule has 0 saturated heterocycles. The van der Waals surface area contributed by atoms with Crippen molar-refractivity contribution in [2.45, 2.75) is 19.3 Å². The van der Waals surface area contributed by atoms with Crippen molar-refractivity contribution in [3.8, 4) is 0 Å². The molecule has 0 fully saturated rings. The second-order valence-electron chi connectivity index (χ2n) is 7.12. The molecular formula is C23H21N3O. The minimum Gasteiger partial charge on any atom is -0.326 e. The molecule has 0 N–H and O–H groups in total. The van der Waals surface area contributed by atoms with Gasteiger partial charge in [0.2, 0.25) is 0 Å². The molecule has 0 saturated carbocycles. The number of nitrogens with zero attached hydrogens (tertiary/aromatic N) is 3. The molecule has 2 aromatic carbocycles. The molecule has 2 aliphatic rings. The van der Waals surface area contributed by atoms with Gasteiger partial charge in [-0.05, 0) is 54.7 Å². The third-order valence-electron chi connectivity index (χ3n) is 5.51. The van der Waals surface area contributed by atoms with Crippen LogP contribution in [0.1, 0.15) is 27.9 Å². The Kier molecular flexibility index (Phi) is 3.89. The number of amides is 1. The monoisotopic (exact) mass is 355 g/mol. The van der Waals surface area contributed by atoms with E-state index in [-0.39, 0.29) is 5.91 Å². The van der Waals surface area contributed by atoms with Crippen molar-refractivity contribution >= 4 is 23.1 Å². The van der Waals surface area contributed by atoms with E-state index in [0.717, 1.165) is 43.9 Å². The summed E-state index contributed by atoms with van der Waals surface area (Å²) < 4.78 is 0. The zero-order valence-corrected chi connectivity index (χ0v) is 15.1. The molecule has 3 aromatic rings. The van der Waals surface area contributed by atoms with Crippen LogP contribution in [-0.4, -0.2) is 24.0 Å². The summed E-state index contributed by atoms with van der Waals surface area (Å²) in [6, 6.07) is 20.5. The molecule has 0 radical (unpaired) electrons. The predicted molar refractivity (Wildman–Crippen MR) is 108 cm³/mol. The maximum absolute atomic E-state index is 13.1. The van der Waals surface area contributed by atoms with Gasteiger partial charge in [-0.3, -0.25) is 4.79 Å². The number of para-hydroxylation sites is 2. The van der Waals surface area contributed by atoms with Crippen LogP contribution in [0.5, 0.6) is 0 Å². The van der Waals surface area contributed by atoms with Crippen LogP contribution < -0.4 is 9.80 Å². The number of hydrogen-bond donors (Lipinski definition) is 0. The van der Waals surface area contributed by atoms with Crippen LogP contribution in [0.3, 0.4) is 0 Å². The van der Waals surface area contributed by atoms with Crippen LogP contribution in [0, 0.1) is 0 Å². The Balaban J connectivity index is 1.41. The number of carbonyl (C=O) groups excluding carboxylic acids is 1. The molecule has 4 nitrogen and oxygen atoms in total. The molecule has 134 valence electrons. The van der Waals surface area contributed by atoms with E-state index in [2.05, 4.69) is 40.2 Å². The first-order valence-electron chi connectivity index (χ1n) is 9.52. The van der Waals surface area contributed by atoms with Crippen molar-refractivity contribution in [1.29, 1.82) is 0 Å². The third-order valence-corrected chi connectivity index (χ3v) is 5.51. The molecule has 4 heteroatoms. The number of rotatable bonds is 2. The van der Waals surface area contributed by atoms with Gasteiger partial charge in [-0.1, -0.05) is 36.4 Å². The third kappa shape index (κ3) is 2.78. The van der Waals surface area contributed by atoms with Gasteiger partial charge in [0.25, 0.3) is 5.91 Å². The number of carbonyl (C=O) groups is 1. The summed E-state index contributed by atoms with van der Waals surface area (Å²) in [5.41, 5.74) is 5.49. The summed E-state index contributed by atoms with van der Waals surface area (Å²) in [5.74, 6) is 0.929. The zero-order chi connectivity index (χ0) is 18.2. The van der Waals surface area contributed by atoms with Crippen molar-refractivity contribution in [1.82, 2.24) is 4.98 Å². The Morgan fingerprint density at radius 3 is 2.33 bits per heavy atom. The van der Waals surface area contributed by atoms with Crippen molar-refractivity contribution in [3.63, 3.8) is 0 Å². The minimum absolute atomic E-state index is 0.0306. The molecule has 0 unspecified atom stereocenters. The van der Waals surface area contributed by atoms with Gasteiger partial charge < -0.3 is 9.80 Å². The van der Waals surface area contributed by atoms with E-state index in [4.69, 9.17) is 0 Å². The Labute approximate surface area is 159 Å². The fourth-order valence-corrected chi connectivity index (χ4v) is 4.15. The van der Waals surface area contributed by atoms with E-state index in [1.54, 1.807) is 6.20 Å². The first kappa shape index (κ1) is 16.1. The van der Waals surface area contributed by atoms with E-state index < -0.39 is 0 Å². The minimum atomic E-state index is 0.0306. The van der Waals surface area contributed by atoms with E-state index >= 15 is 0 Å². The molecule has 27 heavy (non-hydrogen) atoms. The van der Waals surface area contributed by atoms with Gasteiger partial charge in [0, 0.05) is 30.7 Å². The Hall–Kier alpha value is -3.14. The standard InChI is InChI=1S/C23H21N3O/c27-23(26-14-5-8-17-6-1-4-10-21(17)26)19-11-12-22(24-16-19)25-15-13-18-7-2-3-9-20(18)25/h1-4,6-7,9-12,16H,5,8,13-15H2. The second kappa shape index (κ2) is 6.54. The van der Waals surface area contributed by atoms with Crippen molar-refractivity contribution in [2.75, 3.05) is 22.9 Å². The SMILES string of the molecule is O=C(c1ccc(N2CCc3ccccc32)nc1)N1CCCc2ccccc21. The molecule has 0 aliphatic carbocycles. The van der Waals surface area contributed by atoms with Crippen LogP contribution in [0.15, 0.2) is 66.9 Å². The number of fused-ring (bicyclic) bond motifs is 2. The van der Waals surface area contributed by atoms with Crippen molar-refractivity contribution in [2.24, 2.45) is 0 Å². The largest absolute Gasteiger partial charge is 0.326 e. The van der Waals surface area contributed by atoms with Gasteiger partial charge in [-0.25, -0.2) is 4.98 Å². The van der Waals surface area contributed by atoms with Crippen LogP contribution in [0.25, 0.3) is 0 Å². The van der Waals surface area contributed by atoms with Crippen molar-refractivity contribution < 1.29 is 4.79 Å². The lowest BCUT2D eigenvalue weighted by atomic mass is 10.0. The smallest absolute Gasteiger partial charge is 0.259 e. The molecule has 2 aliphatic heterocycles. The average molecular weight is 355 g/mol. The maximum Gasteiger partial charge on any atom is 0.259 e. The molecule has 5 rings (SSSR count). The Morgan fingerprint density at radius 1 is 0.815 bits per heavy atom. The lowest BCUT2D eigenvalue weighted by Gasteiger charge is -2.29. The summed E-state index contributed by atoms with van der Waals surface area (Å²) in [7, 11) is 0. The average Bonchev–Trinajstić information content (AvgIpc) is 3.17. The lowest BCUT2D eigenvalue weighted by molar-refractivity contribution is 0.0985. The van der Waals surface area contributed by atoms with Gasteiger partial charge in [-0.15, -0.1) is 0 Å². The van der Waals surface area contributed by atoms with Crippen LogP contribution >= 0.6 is 0 Å². The molecule has 0 atom stereocenters. The first-order chi connectivity index (χ1) is 13.3. The molecule has 1 aromatic heterocycles. The van der Waals surface area contributed by atoms with Gasteiger partial charge in [0.1, 0.15) is 5.82 Å². The molecule has 1 amide bonds. The Morgan fingerprint density at radius 2 is 1.56 bits per heavy atom. The fraction of sp³-hybridized carbons (Fsp3) is 0.217. The highest BCUT2D eigenvalue weighted by molar-refractivity contribution is 6.06. The molecule has 0 spiro atoms. The van der Waals surface area contributed by atoms with E-state index in [9.17, 15) is 4.79 Å². The topological polar surface area (TPSA) is 36.4 Å². The van der Waals surface area contributed by atoms with Crippen LogP contribution in [0.2, 0.25) is 0 Å². The normalized spacial score (nSPS) is 15.4. The van der Waals surface area contributed by atoms with Gasteiger partial charge in [0.05, 0.1) is 5.56 Å². The van der Waals surface area contributed by atoms with Crippen molar-refractivity contribution in [3.05, 3.63) is 83.6 Å². The van der Waals surface area contributed by atoms with Gasteiger partial charge in [0.15, 0.2) is 0 Å². The highest BCUT2D eigenvalue weighted by Crippen LogP contribution is 2.33. The number of aryl methyl sites for hydroxylation is 1. The lowest BCUT2D eigenvalue weighted by Crippen LogP contribution is -2.35. The van der Waals surface area contributed by atoms with Crippen LogP contribution in [0.4, 0.5) is 17.2 Å². The maximum atomic E-state index is 13.1. The number of hydrogen-bond acceptors (Lipinski definition) is 3. The van der Waals surface area contributed by atoms with E-state index in [0.29, 0.717) is 5.56 Å². The zero-order valence-electron chi connectivity index (χ0n) is 15.1. The summed E-state index contributed by atoms with van der Waals surface area (Å²) in [6.07, 6.45) is 4.78. The second-order valence-corrected chi connectivity index (χ2v) is 7.12. The van der Waals surface area contributed by atoms with Gasteiger partial charge >= 0.3 is 0 Å². The summed E-state index contributed by atoms with van der Waals surface area (Å²) in [6.45, 7) is 1.69. The van der Waals surface area contributed by atoms with Gasteiger partial charge in [-0.2, -0.15) is 0 Å². The first-order valence-corrected chi connectivity index (χ1v) is 9.52. The van der Waals surface area contributed by atoms with Crippen LogP contribution in [-0.2, 0) is 12.8 Å². The summed E-state index contributed by atoms with van der Waals surface area (Å²) >= 11 is 0. The molecule has 3 heterocycles. The molecule has 0 bridgehead atoms. The number of pyridine rings is 1. The highest BCUT2D eigenvalue weighted by atomic mass is 16.2. The highest BCUT2D eigenvalue weighted by Gasteiger charge is 2.25. The summed E-state index contributed by atoms with van der Waals surface area (Å²) in [4.78, 5) is 21.8. The predicted octanol–water partition coefficient (Wildman–Crippen LogP) is 4.37. The number of aromatic nitrogens is 1. The van der Waals surface area contributed by atoms with E-state index in [1.165, 1.54) is 16.8 Å². The Bertz CT molecular complexity index is 997. The number of anilines is 3. The van der Waals surface area contributed by atoms with E-state index in [1.807, 2.05) is 35.2 Å². The number of benzene rings is 2.